The van der Waals surface area contributed by atoms with E-state index in [0.29, 0.717) is 44.2 Å². The molecule has 0 saturated heterocycles. The molecule has 0 aliphatic carbocycles. The molecule has 0 amide bonds. The maximum absolute atomic E-state index is 13.2. The van der Waals surface area contributed by atoms with E-state index in [1.54, 1.807) is 36.4 Å². The van der Waals surface area contributed by atoms with Crippen molar-refractivity contribution in [3.63, 3.8) is 0 Å². The number of nitrogens with zero attached hydrogens (tertiary/aromatic N) is 3. The van der Waals surface area contributed by atoms with Crippen LogP contribution < -0.4 is 9.21 Å². The molecule has 0 fully saturated rings. The summed E-state index contributed by atoms with van der Waals surface area (Å²) in [6.07, 6.45) is -4.52. The molecule has 3 aromatic carbocycles. The van der Waals surface area contributed by atoms with Gasteiger partial charge in [0.25, 0.3) is 15.2 Å². The molecule has 1 aromatic heterocycles. The van der Waals surface area contributed by atoms with E-state index in [1.165, 1.54) is 25.3 Å². The quantitative estimate of drug-likeness (QED) is 0.307. The van der Waals surface area contributed by atoms with Gasteiger partial charge in [0.2, 0.25) is 0 Å². The molecule has 0 atom stereocenters. The van der Waals surface area contributed by atoms with E-state index < -0.39 is 32.2 Å². The Morgan fingerprint density at radius 1 is 1.09 bits per heavy atom. The fourth-order valence-corrected chi connectivity index (χ4v) is 5.28. The summed E-state index contributed by atoms with van der Waals surface area (Å²) < 4.78 is 73.6. The van der Waals surface area contributed by atoms with Gasteiger partial charge in [0.05, 0.1) is 12.0 Å². The lowest BCUT2D eigenvalue weighted by Gasteiger charge is -2.20. The predicted octanol–water partition coefficient (Wildman–Crippen LogP) is 5.24. The van der Waals surface area contributed by atoms with Crippen LogP contribution in [-0.2, 0) is 19.7 Å². The number of ether oxygens (including phenoxy) is 1. The predicted molar refractivity (Wildman–Crippen MR) is 123 cm³/mol. The number of carbonyl (C=O) groups is 1. The molecule has 0 spiro atoms. The van der Waals surface area contributed by atoms with E-state index in [0.717, 1.165) is 6.33 Å². The molecule has 4 rings (SSSR count). The fraction of sp³-hybridized carbons (Fsp3) is 0.0952. The van der Waals surface area contributed by atoms with Crippen molar-refractivity contribution in [3.05, 3.63) is 65.9 Å². The van der Waals surface area contributed by atoms with Crippen LogP contribution in [0, 0.1) is 0 Å². The molecular formula is C21H13ClF3N3O5S2. The summed E-state index contributed by atoms with van der Waals surface area (Å²) in [7, 11) is -3.33. The number of benzene rings is 3. The minimum atomic E-state index is -5.44. The van der Waals surface area contributed by atoms with Crippen LogP contribution in [0.15, 0.2) is 65.8 Å². The van der Waals surface area contributed by atoms with Gasteiger partial charge in [-0.25, -0.2) is 9.78 Å². The summed E-state index contributed by atoms with van der Waals surface area (Å²) in [5, 5.41) is 0.952. The molecule has 0 radical (unpaired) electrons. The monoisotopic (exact) mass is 543 g/mol. The molecule has 0 aliphatic heterocycles. The highest BCUT2D eigenvalue weighted by atomic mass is 35.5. The maximum atomic E-state index is 13.2. The summed E-state index contributed by atoms with van der Waals surface area (Å²) in [5.74, 6) is -2.24. The SMILES string of the molecule is COc1cc(Cl)ccc1-c1cccc2cc(S(=O)(=O)N(OC(=O)C(F)(F)F)c3ncns3)ccc12. The van der Waals surface area contributed by atoms with Gasteiger partial charge < -0.3 is 9.57 Å². The van der Waals surface area contributed by atoms with Crippen LogP contribution in [0.5, 0.6) is 5.75 Å². The van der Waals surface area contributed by atoms with Crippen LogP contribution in [0.25, 0.3) is 21.9 Å². The van der Waals surface area contributed by atoms with Gasteiger partial charge in [-0.3, -0.25) is 0 Å². The van der Waals surface area contributed by atoms with Gasteiger partial charge in [0.15, 0.2) is 0 Å². The van der Waals surface area contributed by atoms with E-state index in [-0.39, 0.29) is 4.47 Å². The van der Waals surface area contributed by atoms with E-state index in [9.17, 15) is 26.4 Å². The highest BCUT2D eigenvalue weighted by Crippen LogP contribution is 2.38. The number of fused-ring (bicyclic) bond motifs is 1. The van der Waals surface area contributed by atoms with E-state index >= 15 is 0 Å². The normalized spacial score (nSPS) is 11.9. The second kappa shape index (κ2) is 9.32. The minimum Gasteiger partial charge on any atom is -0.496 e. The van der Waals surface area contributed by atoms with Crippen molar-refractivity contribution in [1.82, 2.24) is 9.36 Å². The molecule has 0 saturated carbocycles. The van der Waals surface area contributed by atoms with Gasteiger partial charge in [-0.1, -0.05) is 40.3 Å². The van der Waals surface area contributed by atoms with Crippen LogP contribution in [0.4, 0.5) is 18.3 Å². The molecule has 35 heavy (non-hydrogen) atoms. The molecule has 14 heteroatoms. The summed E-state index contributed by atoms with van der Waals surface area (Å²) in [6, 6.07) is 14.0. The van der Waals surface area contributed by atoms with E-state index in [1.807, 2.05) is 0 Å². The average Bonchev–Trinajstić information content (AvgIpc) is 3.35. The first-order valence-electron chi connectivity index (χ1n) is 9.50. The van der Waals surface area contributed by atoms with Crippen molar-refractivity contribution in [2.24, 2.45) is 0 Å². The molecule has 0 aliphatic rings. The number of methoxy groups -OCH3 is 1. The Balaban J connectivity index is 1.81. The Labute approximate surface area is 205 Å². The summed E-state index contributed by atoms with van der Waals surface area (Å²) >= 11 is 6.47. The van der Waals surface area contributed by atoms with Crippen LogP contribution in [0.1, 0.15) is 0 Å². The van der Waals surface area contributed by atoms with Gasteiger partial charge in [0.1, 0.15) is 12.1 Å². The van der Waals surface area contributed by atoms with Crippen molar-refractivity contribution in [3.8, 4) is 16.9 Å². The van der Waals surface area contributed by atoms with Crippen molar-refractivity contribution in [1.29, 1.82) is 0 Å². The van der Waals surface area contributed by atoms with Gasteiger partial charge >= 0.3 is 12.1 Å². The summed E-state index contributed by atoms with van der Waals surface area (Å²) in [4.78, 5) is 18.7. The number of halogens is 4. The number of hydrogen-bond acceptors (Lipinski definition) is 8. The first kappa shape index (κ1) is 24.7. The van der Waals surface area contributed by atoms with Crippen molar-refractivity contribution in [2.45, 2.75) is 11.1 Å². The Hall–Kier alpha value is -3.42. The molecule has 0 bridgehead atoms. The van der Waals surface area contributed by atoms with Gasteiger partial charge in [0, 0.05) is 22.1 Å². The minimum absolute atomic E-state index is 0.187. The Kier molecular flexibility index (Phi) is 6.58. The second-order valence-corrected chi connectivity index (χ2v) is 9.81. The first-order chi connectivity index (χ1) is 16.5. The van der Waals surface area contributed by atoms with E-state index in [2.05, 4.69) is 14.2 Å². The lowest BCUT2D eigenvalue weighted by Crippen LogP contribution is -2.38. The third kappa shape index (κ3) is 4.88. The number of carbonyl (C=O) groups excluding carboxylic acids is 1. The lowest BCUT2D eigenvalue weighted by molar-refractivity contribution is -0.199. The molecule has 0 unspecified atom stereocenters. The van der Waals surface area contributed by atoms with Crippen LogP contribution in [0.3, 0.4) is 0 Å². The Morgan fingerprint density at radius 2 is 1.86 bits per heavy atom. The summed E-state index contributed by atoms with van der Waals surface area (Å²) in [6.45, 7) is 0. The zero-order valence-corrected chi connectivity index (χ0v) is 19.9. The van der Waals surface area contributed by atoms with E-state index in [4.69, 9.17) is 16.3 Å². The van der Waals surface area contributed by atoms with Crippen LogP contribution >= 0.6 is 23.1 Å². The largest absolute Gasteiger partial charge is 0.496 e. The van der Waals surface area contributed by atoms with Gasteiger partial charge in [-0.15, -0.1) is 0 Å². The smallest absolute Gasteiger partial charge is 0.493 e. The topological polar surface area (TPSA) is 98.7 Å². The Bertz CT molecular complexity index is 1510. The third-order valence-electron chi connectivity index (χ3n) is 4.72. The number of rotatable bonds is 6. The Morgan fingerprint density at radius 3 is 2.51 bits per heavy atom. The number of sulfonamides is 1. The number of alkyl halides is 3. The molecule has 0 N–H and O–H groups in total. The number of anilines is 1. The second-order valence-electron chi connectivity index (χ2n) is 6.87. The van der Waals surface area contributed by atoms with Gasteiger partial charge in [-0.2, -0.15) is 26.0 Å². The van der Waals surface area contributed by atoms with Gasteiger partial charge in [-0.05, 0) is 46.7 Å². The fourth-order valence-electron chi connectivity index (χ4n) is 3.21. The molecule has 1 heterocycles. The molecule has 8 nitrogen and oxygen atoms in total. The van der Waals surface area contributed by atoms with Crippen molar-refractivity contribution >= 4 is 55.0 Å². The third-order valence-corrected chi connectivity index (χ3v) is 7.24. The lowest BCUT2D eigenvalue weighted by atomic mass is 9.97. The molecular weight excluding hydrogens is 531 g/mol. The van der Waals surface area contributed by atoms with Crippen molar-refractivity contribution < 1.29 is 36.0 Å². The molecule has 4 aromatic rings. The van der Waals surface area contributed by atoms with Crippen LogP contribution in [-0.4, -0.2) is 37.0 Å². The number of aromatic nitrogens is 2. The summed E-state index contributed by atoms with van der Waals surface area (Å²) in [5.41, 5.74) is 1.39. The zero-order chi connectivity index (χ0) is 25.4. The van der Waals surface area contributed by atoms with Crippen molar-refractivity contribution in [2.75, 3.05) is 11.6 Å². The zero-order valence-electron chi connectivity index (χ0n) is 17.5. The van der Waals surface area contributed by atoms with Crippen LogP contribution in [0.2, 0.25) is 5.02 Å². The maximum Gasteiger partial charge on any atom is 0.493 e. The molecule has 182 valence electrons. The first-order valence-corrected chi connectivity index (χ1v) is 12.1. The highest BCUT2D eigenvalue weighted by Gasteiger charge is 2.45. The standard InChI is InChI=1S/C21H13ClF3N3O5S2/c1-32-18-10-13(22)5-7-17(18)16-4-2-3-12-9-14(6-8-15(12)16)35(30,31)28(20-26-11-27-34-20)33-19(29)21(23,24)25/h2-11H,1H3. The highest BCUT2D eigenvalue weighted by molar-refractivity contribution is 7.92. The number of hydrogen-bond donors (Lipinski definition) is 0. The average molecular weight is 544 g/mol.